The molecule has 0 fully saturated rings. The molecule has 0 saturated carbocycles. The van der Waals surface area contributed by atoms with E-state index in [0.29, 0.717) is 5.41 Å². The lowest BCUT2D eigenvalue weighted by molar-refractivity contribution is 0.283. The van der Waals surface area contributed by atoms with Gasteiger partial charge in [0.25, 0.3) is 0 Å². The first kappa shape index (κ1) is 22.2. The maximum Gasteiger partial charge on any atom is -0.0360 e. The summed E-state index contributed by atoms with van der Waals surface area (Å²) in [5.41, 5.74) is 0.500. The smallest absolute Gasteiger partial charge is 0.0360 e. The topological polar surface area (TPSA) is 0 Å². The summed E-state index contributed by atoms with van der Waals surface area (Å²) in [6.45, 7) is 26.7. The maximum atomic E-state index is 2.26. The van der Waals surface area contributed by atoms with Crippen LogP contribution in [0.4, 0.5) is 0 Å². The first-order chi connectivity index (χ1) is 7.32. The van der Waals surface area contributed by atoms with E-state index in [4.69, 9.17) is 0 Å². The fourth-order valence-electron chi connectivity index (χ4n) is 0. The summed E-state index contributed by atoms with van der Waals surface area (Å²) in [6.07, 6.45) is 0. The van der Waals surface area contributed by atoms with E-state index < -0.39 is 0 Å². The third-order valence-electron chi connectivity index (χ3n) is 3.07. The molecule has 0 atom stereocenters. The molecule has 0 aromatic heterocycles. The molecule has 0 N–H and O–H groups in total. The minimum Gasteiger partial charge on any atom is -0.0630 e. The molecule has 0 nitrogen and oxygen atoms in total. The van der Waals surface area contributed by atoms with E-state index in [9.17, 15) is 0 Å². The minimum atomic E-state index is 0.500. The van der Waals surface area contributed by atoms with Gasteiger partial charge in [-0.3, -0.25) is 0 Å². The zero-order chi connectivity index (χ0) is 14.8. The molecule has 0 aromatic rings. The molecule has 0 aliphatic rings. The van der Waals surface area contributed by atoms with Crippen LogP contribution in [0.1, 0.15) is 83.1 Å². The molecular formula is C17H40. The van der Waals surface area contributed by atoms with Gasteiger partial charge in [-0.2, -0.15) is 0 Å². The van der Waals surface area contributed by atoms with Crippen LogP contribution in [0.15, 0.2) is 0 Å². The molecule has 0 rings (SSSR count). The molecule has 0 heteroatoms. The van der Waals surface area contributed by atoms with Gasteiger partial charge in [-0.05, 0) is 29.1 Å². The van der Waals surface area contributed by atoms with Gasteiger partial charge in [0.05, 0.1) is 0 Å². The standard InChI is InChI=1S/C7H16.C6H14.C4H10/c1-6(2)7(3,4)5;1-5(2)6(3)4;1-4(2)3/h6H,1-5H3;5-6H,1-4H3;4H,1-3H3. The molecule has 0 saturated heterocycles. The summed E-state index contributed by atoms with van der Waals surface area (Å²) < 4.78 is 0. The molecule has 17 heavy (non-hydrogen) atoms. The Morgan fingerprint density at radius 2 is 0.647 bits per heavy atom. The predicted octanol–water partition coefficient (Wildman–Crippen LogP) is 6.65. The molecule has 0 amide bonds. The fraction of sp³-hybridized carbons (Fsp3) is 1.00. The van der Waals surface area contributed by atoms with Crippen LogP contribution in [0.3, 0.4) is 0 Å². The van der Waals surface area contributed by atoms with Crippen molar-refractivity contribution in [1.82, 2.24) is 0 Å². The lowest BCUT2D eigenvalue weighted by atomic mass is 9.84. The summed E-state index contributed by atoms with van der Waals surface area (Å²) in [6, 6.07) is 0. The van der Waals surface area contributed by atoms with Crippen molar-refractivity contribution in [2.75, 3.05) is 0 Å². The summed E-state index contributed by atoms with van der Waals surface area (Å²) in [4.78, 5) is 0. The van der Waals surface area contributed by atoms with Crippen LogP contribution in [0.5, 0.6) is 0 Å². The molecule has 0 radical (unpaired) electrons. The third-order valence-corrected chi connectivity index (χ3v) is 3.07. The quantitative estimate of drug-likeness (QED) is 0.484. The second-order valence-corrected chi connectivity index (χ2v) is 7.74. The lowest BCUT2D eigenvalue weighted by Crippen LogP contribution is -2.12. The first-order valence-corrected chi connectivity index (χ1v) is 7.32. The van der Waals surface area contributed by atoms with Crippen molar-refractivity contribution in [3.63, 3.8) is 0 Å². The molecule has 0 heterocycles. The van der Waals surface area contributed by atoms with Crippen molar-refractivity contribution < 1.29 is 0 Å². The lowest BCUT2D eigenvalue weighted by Gasteiger charge is -2.22. The van der Waals surface area contributed by atoms with E-state index in [2.05, 4.69) is 83.1 Å². The van der Waals surface area contributed by atoms with E-state index in [1.54, 1.807) is 0 Å². The SMILES string of the molecule is CC(C)C.CC(C)C(C)(C)C.CC(C)C(C)C. The Labute approximate surface area is 113 Å². The Kier molecular flexibility index (Phi) is 14.5. The monoisotopic (exact) mass is 244 g/mol. The fourth-order valence-corrected chi connectivity index (χ4v) is 0. The van der Waals surface area contributed by atoms with Crippen LogP contribution in [0.2, 0.25) is 0 Å². The Hall–Kier alpha value is 0. The Morgan fingerprint density at radius 1 is 0.529 bits per heavy atom. The molecular weight excluding hydrogens is 204 g/mol. The van der Waals surface area contributed by atoms with Gasteiger partial charge in [0.1, 0.15) is 0 Å². The van der Waals surface area contributed by atoms with E-state index >= 15 is 0 Å². The Balaban J connectivity index is -0.000000180. The van der Waals surface area contributed by atoms with Crippen LogP contribution >= 0.6 is 0 Å². The van der Waals surface area contributed by atoms with Gasteiger partial charge in [0.2, 0.25) is 0 Å². The van der Waals surface area contributed by atoms with Crippen molar-refractivity contribution in [3.05, 3.63) is 0 Å². The number of rotatable bonds is 1. The summed E-state index contributed by atoms with van der Waals surface area (Å²) in [5, 5.41) is 0. The van der Waals surface area contributed by atoms with Gasteiger partial charge >= 0.3 is 0 Å². The maximum absolute atomic E-state index is 2.26. The van der Waals surface area contributed by atoms with Crippen LogP contribution in [0, 0.1) is 29.1 Å². The molecule has 0 bridgehead atoms. The van der Waals surface area contributed by atoms with Crippen molar-refractivity contribution >= 4 is 0 Å². The van der Waals surface area contributed by atoms with Gasteiger partial charge < -0.3 is 0 Å². The molecule has 0 unspecified atom stereocenters. The summed E-state index contributed by atoms with van der Waals surface area (Å²) in [7, 11) is 0. The first-order valence-electron chi connectivity index (χ1n) is 7.32. The number of hydrogen-bond acceptors (Lipinski definition) is 0. The van der Waals surface area contributed by atoms with Crippen molar-refractivity contribution in [2.24, 2.45) is 29.1 Å². The van der Waals surface area contributed by atoms with Crippen molar-refractivity contribution in [2.45, 2.75) is 83.1 Å². The highest BCUT2D eigenvalue weighted by Crippen LogP contribution is 2.23. The van der Waals surface area contributed by atoms with Gasteiger partial charge in [-0.25, -0.2) is 0 Å². The van der Waals surface area contributed by atoms with Crippen LogP contribution < -0.4 is 0 Å². The highest BCUT2D eigenvalue weighted by atomic mass is 14.2. The van der Waals surface area contributed by atoms with Crippen LogP contribution in [-0.4, -0.2) is 0 Å². The van der Waals surface area contributed by atoms with E-state index in [-0.39, 0.29) is 0 Å². The van der Waals surface area contributed by atoms with Gasteiger partial charge in [0.15, 0.2) is 0 Å². The van der Waals surface area contributed by atoms with E-state index in [0.717, 1.165) is 23.7 Å². The van der Waals surface area contributed by atoms with Crippen molar-refractivity contribution in [1.29, 1.82) is 0 Å². The predicted molar refractivity (Wildman–Crippen MR) is 84.5 cm³/mol. The largest absolute Gasteiger partial charge is 0.0630 e. The second-order valence-electron chi connectivity index (χ2n) is 7.74. The van der Waals surface area contributed by atoms with Crippen molar-refractivity contribution in [3.8, 4) is 0 Å². The van der Waals surface area contributed by atoms with E-state index in [1.165, 1.54) is 0 Å². The summed E-state index contributed by atoms with van der Waals surface area (Å²) in [5.74, 6) is 3.34. The van der Waals surface area contributed by atoms with Gasteiger partial charge in [-0.1, -0.05) is 83.1 Å². The average molecular weight is 245 g/mol. The summed E-state index contributed by atoms with van der Waals surface area (Å²) >= 11 is 0. The number of hydrogen-bond donors (Lipinski definition) is 0. The highest BCUT2D eigenvalue weighted by Gasteiger charge is 2.13. The average Bonchev–Trinajstić information content (AvgIpc) is 2.01. The Morgan fingerprint density at radius 3 is 0.647 bits per heavy atom. The van der Waals surface area contributed by atoms with E-state index in [1.807, 2.05) is 0 Å². The Bertz CT molecular complexity index is 124. The minimum absolute atomic E-state index is 0.500. The van der Waals surface area contributed by atoms with Gasteiger partial charge in [-0.15, -0.1) is 0 Å². The van der Waals surface area contributed by atoms with Crippen LogP contribution in [0.25, 0.3) is 0 Å². The molecule has 108 valence electrons. The zero-order valence-electron chi connectivity index (χ0n) is 14.8. The zero-order valence-corrected chi connectivity index (χ0v) is 14.8. The molecule has 0 spiro atoms. The molecule has 0 aliphatic carbocycles. The van der Waals surface area contributed by atoms with Gasteiger partial charge in [0, 0.05) is 0 Å². The molecule has 0 aliphatic heterocycles. The molecule has 0 aromatic carbocycles. The second kappa shape index (κ2) is 11.1. The third kappa shape index (κ3) is 31.4. The normalized spacial score (nSPS) is 11.3. The highest BCUT2D eigenvalue weighted by molar-refractivity contribution is 4.64. The van der Waals surface area contributed by atoms with Crippen LogP contribution in [-0.2, 0) is 0 Å².